The maximum atomic E-state index is 13.1. The van der Waals surface area contributed by atoms with Crippen molar-refractivity contribution in [2.75, 3.05) is 4.90 Å². The van der Waals surface area contributed by atoms with E-state index >= 15 is 0 Å². The second-order valence-electron chi connectivity index (χ2n) is 8.13. The number of Topliss-reactive ketones (excluding diaryl/α,β-unsaturated/α-hetero) is 1. The molecule has 4 rings (SSSR count). The largest absolute Gasteiger partial charge is 0.573 e. The lowest BCUT2D eigenvalue weighted by atomic mass is 9.90. The maximum absolute atomic E-state index is 13.1. The normalized spacial score (nSPS) is 16.4. The average molecular weight is 487 g/mol. The Morgan fingerprint density at radius 3 is 2.37 bits per heavy atom. The zero-order valence-electron chi connectivity index (χ0n) is 18.8. The van der Waals surface area contributed by atoms with E-state index in [9.17, 15) is 27.9 Å². The van der Waals surface area contributed by atoms with Gasteiger partial charge in [-0.2, -0.15) is 4.98 Å². The van der Waals surface area contributed by atoms with E-state index in [4.69, 9.17) is 4.52 Å². The van der Waals surface area contributed by atoms with Crippen molar-refractivity contribution in [3.8, 4) is 17.1 Å². The van der Waals surface area contributed by atoms with Crippen LogP contribution in [0.5, 0.6) is 5.75 Å². The number of alkyl halides is 3. The Hall–Kier alpha value is -4.15. The lowest BCUT2D eigenvalue weighted by Crippen LogP contribution is -2.32. The molecule has 11 heteroatoms. The van der Waals surface area contributed by atoms with E-state index in [-0.39, 0.29) is 16.8 Å². The zero-order valence-corrected chi connectivity index (χ0v) is 18.8. The first kappa shape index (κ1) is 24.0. The van der Waals surface area contributed by atoms with E-state index in [0.717, 1.165) is 11.0 Å². The molecule has 0 aliphatic carbocycles. The van der Waals surface area contributed by atoms with Crippen LogP contribution >= 0.6 is 0 Å². The van der Waals surface area contributed by atoms with E-state index in [1.54, 1.807) is 32.9 Å². The highest BCUT2D eigenvalue weighted by molar-refractivity contribution is 6.17. The minimum Gasteiger partial charge on any atom is -0.503 e. The predicted octanol–water partition coefficient (Wildman–Crippen LogP) is 5.07. The minimum absolute atomic E-state index is 0.107. The smallest absolute Gasteiger partial charge is 0.503 e. The van der Waals surface area contributed by atoms with Crippen LogP contribution in [0, 0.1) is 12.8 Å². The fraction of sp³-hybridized carbons (Fsp3) is 0.250. The van der Waals surface area contributed by atoms with Crippen LogP contribution in [0.4, 0.5) is 18.9 Å². The Morgan fingerprint density at radius 1 is 1.14 bits per heavy atom. The molecule has 1 aliphatic heterocycles. The Balaban J connectivity index is 1.84. The molecule has 35 heavy (non-hydrogen) atoms. The fourth-order valence-corrected chi connectivity index (χ4v) is 3.84. The molecule has 2 heterocycles. The summed E-state index contributed by atoms with van der Waals surface area (Å²) in [6.07, 6.45) is -5.01. The number of aromatic nitrogens is 2. The number of carbonyl (C=O) groups excluding carboxylic acids is 2. The number of aryl methyl sites for hydroxylation is 1. The van der Waals surface area contributed by atoms with Gasteiger partial charge in [0.05, 0.1) is 11.6 Å². The van der Waals surface area contributed by atoms with Gasteiger partial charge in [-0.25, -0.2) is 0 Å². The number of benzene rings is 2. The van der Waals surface area contributed by atoms with Gasteiger partial charge in [0, 0.05) is 29.7 Å². The number of aliphatic hydroxyl groups excluding tert-OH is 1. The lowest BCUT2D eigenvalue weighted by molar-refractivity contribution is -0.274. The second-order valence-corrected chi connectivity index (χ2v) is 8.13. The Morgan fingerprint density at radius 2 is 1.80 bits per heavy atom. The highest BCUT2D eigenvalue weighted by Crippen LogP contribution is 2.45. The average Bonchev–Trinajstić information content (AvgIpc) is 3.34. The minimum atomic E-state index is -5.01. The van der Waals surface area contributed by atoms with Crippen LogP contribution in [0.2, 0.25) is 0 Å². The molecule has 0 radical (unpaired) electrons. The van der Waals surface area contributed by atoms with E-state index in [1.807, 2.05) is 0 Å². The summed E-state index contributed by atoms with van der Waals surface area (Å²) >= 11 is 0. The number of amides is 1. The first-order chi connectivity index (χ1) is 16.5. The molecule has 1 aliphatic rings. The van der Waals surface area contributed by atoms with Crippen molar-refractivity contribution in [1.29, 1.82) is 0 Å². The summed E-state index contributed by atoms with van der Waals surface area (Å²) in [5.74, 6) is -2.90. The number of rotatable bonds is 6. The Kier molecular flexibility index (Phi) is 6.10. The topological polar surface area (TPSA) is 106 Å². The van der Waals surface area contributed by atoms with Crippen molar-refractivity contribution >= 4 is 17.4 Å². The monoisotopic (exact) mass is 487 g/mol. The van der Waals surface area contributed by atoms with Crippen LogP contribution < -0.4 is 9.64 Å². The number of hydrogen-bond acceptors (Lipinski definition) is 7. The molecule has 3 aromatic rings. The van der Waals surface area contributed by atoms with Crippen molar-refractivity contribution in [1.82, 2.24) is 10.1 Å². The van der Waals surface area contributed by atoms with Gasteiger partial charge in [-0.15, -0.1) is 13.2 Å². The van der Waals surface area contributed by atoms with E-state index in [0.29, 0.717) is 17.3 Å². The number of hydrogen-bond donors (Lipinski definition) is 1. The summed E-state index contributed by atoms with van der Waals surface area (Å²) in [6.45, 7) is 4.75. The van der Waals surface area contributed by atoms with E-state index < -0.39 is 41.5 Å². The number of aliphatic hydroxyl groups is 1. The van der Waals surface area contributed by atoms with Crippen molar-refractivity contribution < 1.29 is 37.1 Å². The van der Waals surface area contributed by atoms with Crippen LogP contribution in [-0.2, 0) is 9.59 Å². The molecular formula is C24H20F3N3O5. The van der Waals surface area contributed by atoms with Crippen molar-refractivity contribution in [2.45, 2.75) is 33.2 Å². The molecule has 0 fully saturated rings. The van der Waals surface area contributed by atoms with Gasteiger partial charge < -0.3 is 14.4 Å². The summed E-state index contributed by atoms with van der Waals surface area (Å²) in [7, 11) is 0. The van der Waals surface area contributed by atoms with Gasteiger partial charge >= 0.3 is 6.36 Å². The molecule has 1 N–H and O–H groups in total. The number of para-hydroxylation sites is 1. The van der Waals surface area contributed by atoms with Crippen molar-refractivity contribution in [2.24, 2.45) is 5.92 Å². The number of nitrogens with zero attached hydrogens (tertiary/aromatic N) is 3. The lowest BCUT2D eigenvalue weighted by Gasteiger charge is -2.29. The van der Waals surface area contributed by atoms with Gasteiger partial charge in [-0.3, -0.25) is 14.5 Å². The molecule has 1 amide bonds. The quantitative estimate of drug-likeness (QED) is 0.518. The highest BCUT2D eigenvalue weighted by atomic mass is 19.4. The first-order valence-corrected chi connectivity index (χ1v) is 10.5. The molecule has 1 unspecified atom stereocenters. The maximum Gasteiger partial charge on any atom is 0.573 e. The number of ketones is 1. The third-order valence-corrected chi connectivity index (χ3v) is 5.37. The van der Waals surface area contributed by atoms with Gasteiger partial charge in [0.15, 0.2) is 11.5 Å². The predicted molar refractivity (Wildman–Crippen MR) is 117 cm³/mol. The summed E-state index contributed by atoms with van der Waals surface area (Å²) in [6, 6.07) is 10.0. The van der Waals surface area contributed by atoms with Crippen molar-refractivity contribution in [3.63, 3.8) is 0 Å². The molecule has 0 bridgehead atoms. The van der Waals surface area contributed by atoms with Gasteiger partial charge in [0.25, 0.3) is 5.91 Å². The summed E-state index contributed by atoms with van der Waals surface area (Å²) in [5, 5.41) is 14.5. The molecular weight excluding hydrogens is 467 g/mol. The molecule has 1 atom stereocenters. The van der Waals surface area contributed by atoms with Crippen molar-refractivity contribution in [3.05, 3.63) is 71.3 Å². The van der Waals surface area contributed by atoms with E-state index in [2.05, 4.69) is 14.9 Å². The molecule has 1 aromatic heterocycles. The van der Waals surface area contributed by atoms with Gasteiger partial charge in [-0.1, -0.05) is 37.2 Å². The third kappa shape index (κ3) is 4.61. The van der Waals surface area contributed by atoms with Gasteiger partial charge in [-0.05, 0) is 30.3 Å². The Labute approximate surface area is 197 Å². The number of halogens is 3. The number of anilines is 1. The molecule has 8 nitrogen and oxygen atoms in total. The van der Waals surface area contributed by atoms with Crippen LogP contribution in [0.3, 0.4) is 0 Å². The van der Waals surface area contributed by atoms with Gasteiger partial charge in [0.1, 0.15) is 5.75 Å². The van der Waals surface area contributed by atoms with Crippen LogP contribution in [0.25, 0.3) is 11.4 Å². The second kappa shape index (κ2) is 8.90. The summed E-state index contributed by atoms with van der Waals surface area (Å²) < 4.78 is 48.5. The third-order valence-electron chi connectivity index (χ3n) is 5.37. The SMILES string of the molecule is Cc1nc(-c2ccc(N3C(=O)C(O)=C(C(=O)C(C)C)C3c3ccccc3OC(F)(F)F)cc2)no1. The molecule has 0 saturated carbocycles. The summed E-state index contributed by atoms with van der Waals surface area (Å²) in [4.78, 5) is 31.3. The van der Waals surface area contributed by atoms with Crippen LogP contribution in [0.15, 0.2) is 64.4 Å². The standard InChI is InChI=1S/C24H20F3N3O5/c1-12(2)20(31)18-19(16-6-4-5-7-17(16)34-24(25,26)27)30(23(33)21(18)32)15-10-8-14(9-11-15)22-28-13(3)35-29-22/h4-12,19,32H,1-3H3. The summed E-state index contributed by atoms with van der Waals surface area (Å²) in [5.41, 5.74) is 0.374. The fourth-order valence-electron chi connectivity index (χ4n) is 3.84. The molecule has 2 aromatic carbocycles. The van der Waals surface area contributed by atoms with E-state index in [1.165, 1.54) is 30.3 Å². The van der Waals surface area contributed by atoms with Crippen LogP contribution in [-0.4, -0.2) is 33.3 Å². The number of ether oxygens (including phenoxy) is 1. The molecule has 0 saturated heterocycles. The van der Waals surface area contributed by atoms with Gasteiger partial charge in [0.2, 0.25) is 11.7 Å². The zero-order chi connectivity index (χ0) is 25.5. The molecule has 182 valence electrons. The highest BCUT2D eigenvalue weighted by Gasteiger charge is 2.46. The Bertz CT molecular complexity index is 1310. The first-order valence-electron chi connectivity index (χ1n) is 10.5. The van der Waals surface area contributed by atoms with Crippen LogP contribution in [0.1, 0.15) is 31.3 Å². The molecule has 0 spiro atoms. The number of carbonyl (C=O) groups is 2.